The minimum Gasteiger partial charge on any atom is -0.449 e. The Labute approximate surface area is 108 Å². The summed E-state index contributed by atoms with van der Waals surface area (Å²) in [5.41, 5.74) is 5.42. The van der Waals surface area contributed by atoms with Gasteiger partial charge in [0.1, 0.15) is 6.61 Å². The van der Waals surface area contributed by atoms with Crippen molar-refractivity contribution in [3.05, 3.63) is 34.3 Å². The molecule has 0 unspecified atom stereocenters. The van der Waals surface area contributed by atoms with Crippen molar-refractivity contribution in [2.75, 3.05) is 12.4 Å². The van der Waals surface area contributed by atoms with Gasteiger partial charge in [0.05, 0.1) is 11.5 Å². The van der Waals surface area contributed by atoms with Crippen LogP contribution in [0.4, 0.5) is 4.79 Å². The number of hydrogen-bond acceptors (Lipinski definition) is 4. The first kappa shape index (κ1) is 14.0. The molecule has 2 N–H and O–H groups in total. The van der Waals surface area contributed by atoms with Crippen molar-refractivity contribution >= 4 is 31.9 Å². The highest BCUT2D eigenvalue weighted by Crippen LogP contribution is 2.13. The van der Waals surface area contributed by atoms with Crippen molar-refractivity contribution in [2.45, 2.75) is 5.75 Å². The van der Waals surface area contributed by atoms with Crippen LogP contribution in [0.5, 0.6) is 0 Å². The number of benzene rings is 1. The van der Waals surface area contributed by atoms with Crippen molar-refractivity contribution < 1.29 is 17.9 Å². The predicted molar refractivity (Wildman–Crippen MR) is 67.2 cm³/mol. The van der Waals surface area contributed by atoms with Gasteiger partial charge in [-0.25, -0.2) is 13.2 Å². The van der Waals surface area contributed by atoms with E-state index in [2.05, 4.69) is 20.7 Å². The van der Waals surface area contributed by atoms with Gasteiger partial charge in [0, 0.05) is 4.47 Å². The van der Waals surface area contributed by atoms with Gasteiger partial charge in [0.15, 0.2) is 9.84 Å². The van der Waals surface area contributed by atoms with Crippen molar-refractivity contribution in [1.29, 1.82) is 0 Å². The van der Waals surface area contributed by atoms with Crippen LogP contribution in [0.15, 0.2) is 28.7 Å². The van der Waals surface area contributed by atoms with E-state index in [0.717, 1.165) is 4.47 Å². The molecule has 0 saturated heterocycles. The lowest BCUT2D eigenvalue weighted by Crippen LogP contribution is -2.20. The van der Waals surface area contributed by atoms with E-state index in [1.54, 1.807) is 24.3 Å². The summed E-state index contributed by atoms with van der Waals surface area (Å²) in [6.45, 7) is -0.214. The summed E-state index contributed by atoms with van der Waals surface area (Å²) in [7, 11) is -3.29. The molecule has 0 atom stereocenters. The standard InChI is InChI=1S/C10H12BrNO4S/c11-9-3-1-8(2-4-9)7-17(14,15)6-5-16-10(12)13/h1-4H,5-7H2,(H2,12,13). The molecule has 7 heteroatoms. The SMILES string of the molecule is NC(=O)OCCS(=O)(=O)Cc1ccc(Br)cc1. The molecule has 1 amide bonds. The maximum Gasteiger partial charge on any atom is 0.404 e. The van der Waals surface area contributed by atoms with Crippen LogP contribution in [0.2, 0.25) is 0 Å². The summed E-state index contributed by atoms with van der Waals surface area (Å²) < 4.78 is 28.5. The molecule has 0 bridgehead atoms. The fourth-order valence-corrected chi connectivity index (χ4v) is 2.62. The molecule has 94 valence electrons. The number of carbonyl (C=O) groups is 1. The fourth-order valence-electron chi connectivity index (χ4n) is 1.18. The fraction of sp³-hybridized carbons (Fsp3) is 0.300. The molecule has 17 heavy (non-hydrogen) atoms. The first-order chi connectivity index (χ1) is 7.89. The molecule has 5 nitrogen and oxygen atoms in total. The lowest BCUT2D eigenvalue weighted by atomic mass is 10.2. The van der Waals surface area contributed by atoms with Gasteiger partial charge in [-0.15, -0.1) is 0 Å². The van der Waals surface area contributed by atoms with Gasteiger partial charge in [-0.2, -0.15) is 0 Å². The Kier molecular flexibility index (Phi) is 4.95. The molecule has 1 rings (SSSR count). The Balaban J connectivity index is 2.54. The molecule has 0 aliphatic rings. The summed E-state index contributed by atoms with van der Waals surface area (Å²) in [4.78, 5) is 10.3. The lowest BCUT2D eigenvalue weighted by molar-refractivity contribution is 0.163. The monoisotopic (exact) mass is 321 g/mol. The van der Waals surface area contributed by atoms with Gasteiger partial charge in [0.2, 0.25) is 0 Å². The minimum atomic E-state index is -3.29. The topological polar surface area (TPSA) is 86.5 Å². The first-order valence-electron chi connectivity index (χ1n) is 4.76. The van der Waals surface area contributed by atoms with Crippen LogP contribution >= 0.6 is 15.9 Å². The van der Waals surface area contributed by atoms with Gasteiger partial charge in [-0.05, 0) is 17.7 Å². The zero-order chi connectivity index (χ0) is 12.9. The normalized spacial score (nSPS) is 11.1. The van der Waals surface area contributed by atoms with E-state index in [1.165, 1.54) is 0 Å². The molecule has 1 aromatic carbocycles. The number of nitrogens with two attached hydrogens (primary N) is 1. The number of amides is 1. The number of carbonyl (C=O) groups excluding carboxylic acids is 1. The number of halogens is 1. The molecule has 0 spiro atoms. The third kappa shape index (κ3) is 5.69. The number of hydrogen-bond donors (Lipinski definition) is 1. The van der Waals surface area contributed by atoms with E-state index in [4.69, 9.17) is 5.73 Å². The third-order valence-corrected chi connectivity index (χ3v) is 4.03. The van der Waals surface area contributed by atoms with E-state index in [-0.39, 0.29) is 18.1 Å². The van der Waals surface area contributed by atoms with Crippen molar-refractivity contribution in [3.8, 4) is 0 Å². The van der Waals surface area contributed by atoms with Crippen molar-refractivity contribution in [2.24, 2.45) is 5.73 Å². The Hall–Kier alpha value is -1.08. The Bertz CT molecular complexity index is 484. The van der Waals surface area contributed by atoms with E-state index < -0.39 is 15.9 Å². The minimum absolute atomic E-state index is 0.0810. The largest absolute Gasteiger partial charge is 0.449 e. The van der Waals surface area contributed by atoms with Crippen molar-refractivity contribution in [1.82, 2.24) is 0 Å². The third-order valence-electron chi connectivity index (χ3n) is 1.94. The second-order valence-electron chi connectivity index (χ2n) is 3.39. The van der Waals surface area contributed by atoms with Crippen LogP contribution in [0.25, 0.3) is 0 Å². The molecule has 0 saturated carbocycles. The van der Waals surface area contributed by atoms with Crippen LogP contribution in [0.1, 0.15) is 5.56 Å². The summed E-state index contributed by atoms with van der Waals surface area (Å²) in [5.74, 6) is -0.311. The number of primary amides is 1. The van der Waals surface area contributed by atoms with Crippen LogP contribution in [0, 0.1) is 0 Å². The summed E-state index contributed by atoms with van der Waals surface area (Å²) in [6, 6.07) is 6.97. The van der Waals surface area contributed by atoms with Gasteiger partial charge < -0.3 is 10.5 Å². The van der Waals surface area contributed by atoms with Crippen LogP contribution in [-0.4, -0.2) is 26.9 Å². The van der Waals surface area contributed by atoms with Gasteiger partial charge in [-0.3, -0.25) is 0 Å². The highest BCUT2D eigenvalue weighted by molar-refractivity contribution is 9.10. The van der Waals surface area contributed by atoms with E-state index in [9.17, 15) is 13.2 Å². The molecule has 0 radical (unpaired) electrons. The molecular formula is C10H12BrNO4S. The summed E-state index contributed by atoms with van der Waals surface area (Å²) in [5, 5.41) is 0. The number of ether oxygens (including phenoxy) is 1. The highest BCUT2D eigenvalue weighted by atomic mass is 79.9. The van der Waals surface area contributed by atoms with E-state index in [1.807, 2.05) is 0 Å². The maximum atomic E-state index is 11.6. The van der Waals surface area contributed by atoms with Gasteiger partial charge >= 0.3 is 6.09 Å². The second kappa shape index (κ2) is 6.02. The number of sulfone groups is 1. The first-order valence-corrected chi connectivity index (χ1v) is 7.37. The van der Waals surface area contributed by atoms with E-state index >= 15 is 0 Å². The maximum absolute atomic E-state index is 11.6. The number of rotatable bonds is 5. The highest BCUT2D eigenvalue weighted by Gasteiger charge is 2.12. The molecular weight excluding hydrogens is 310 g/mol. The molecule has 0 heterocycles. The zero-order valence-electron chi connectivity index (χ0n) is 8.93. The molecule has 0 aliphatic heterocycles. The Morgan fingerprint density at radius 3 is 2.41 bits per heavy atom. The zero-order valence-corrected chi connectivity index (χ0v) is 11.3. The predicted octanol–water partition coefficient (Wildman–Crippen LogP) is 1.46. The van der Waals surface area contributed by atoms with Crippen LogP contribution in [0.3, 0.4) is 0 Å². The van der Waals surface area contributed by atoms with Crippen molar-refractivity contribution in [3.63, 3.8) is 0 Å². The molecule has 0 fully saturated rings. The van der Waals surface area contributed by atoms with Crippen LogP contribution in [-0.2, 0) is 20.3 Å². The van der Waals surface area contributed by atoms with Crippen LogP contribution < -0.4 is 5.73 Å². The van der Waals surface area contributed by atoms with Gasteiger partial charge in [0.25, 0.3) is 0 Å². The second-order valence-corrected chi connectivity index (χ2v) is 6.49. The summed E-state index contributed by atoms with van der Waals surface area (Å²) in [6.07, 6.45) is -0.969. The average Bonchev–Trinajstić information content (AvgIpc) is 2.20. The van der Waals surface area contributed by atoms with Gasteiger partial charge in [-0.1, -0.05) is 28.1 Å². The Morgan fingerprint density at radius 2 is 1.88 bits per heavy atom. The lowest BCUT2D eigenvalue weighted by Gasteiger charge is -2.04. The average molecular weight is 322 g/mol. The Morgan fingerprint density at radius 1 is 1.29 bits per heavy atom. The molecule has 0 aliphatic carbocycles. The quantitative estimate of drug-likeness (QED) is 0.889. The smallest absolute Gasteiger partial charge is 0.404 e. The molecule has 1 aromatic rings. The molecule has 0 aromatic heterocycles. The van der Waals surface area contributed by atoms with E-state index in [0.29, 0.717) is 5.56 Å². The summed E-state index contributed by atoms with van der Waals surface area (Å²) >= 11 is 3.26.